The summed E-state index contributed by atoms with van der Waals surface area (Å²) in [5, 5.41) is 14.3. The second-order valence-electron chi connectivity index (χ2n) is 9.15. The van der Waals surface area contributed by atoms with Gasteiger partial charge in [-0.25, -0.2) is 0 Å². The van der Waals surface area contributed by atoms with Crippen molar-refractivity contribution in [1.29, 1.82) is 0 Å². The summed E-state index contributed by atoms with van der Waals surface area (Å²) in [4.78, 5) is 38.8. The molecule has 1 aliphatic rings. The van der Waals surface area contributed by atoms with Crippen LogP contribution in [0.3, 0.4) is 0 Å². The summed E-state index contributed by atoms with van der Waals surface area (Å²) < 4.78 is 10.8. The number of ether oxygens (including phenoxy) is 2. The first kappa shape index (κ1) is 27.0. The molecule has 36 heavy (non-hydrogen) atoms. The van der Waals surface area contributed by atoms with Gasteiger partial charge in [0.25, 0.3) is 5.91 Å². The fourth-order valence-electron chi connectivity index (χ4n) is 4.48. The van der Waals surface area contributed by atoms with Gasteiger partial charge in [0.1, 0.15) is 11.8 Å². The molecular weight excluding hydrogens is 462 g/mol. The molecule has 194 valence electrons. The van der Waals surface area contributed by atoms with Gasteiger partial charge < -0.3 is 19.7 Å². The first-order chi connectivity index (χ1) is 17.3. The monoisotopic (exact) mass is 497 g/mol. The van der Waals surface area contributed by atoms with Crippen LogP contribution in [0.2, 0.25) is 0 Å². The van der Waals surface area contributed by atoms with E-state index in [9.17, 15) is 19.7 Å². The van der Waals surface area contributed by atoms with Crippen LogP contribution in [0.15, 0.2) is 42.5 Å². The number of amides is 2. The van der Waals surface area contributed by atoms with Gasteiger partial charge in [-0.15, -0.1) is 0 Å². The highest BCUT2D eigenvalue weighted by Gasteiger charge is 2.30. The van der Waals surface area contributed by atoms with E-state index >= 15 is 0 Å². The molecule has 2 aromatic carbocycles. The molecule has 1 N–H and O–H groups in total. The summed E-state index contributed by atoms with van der Waals surface area (Å²) in [5.74, 6) is -0.194. The molecule has 2 amide bonds. The first-order valence-corrected chi connectivity index (χ1v) is 12.4. The molecule has 0 bridgehead atoms. The standard InChI is InChI=1S/C27H35N3O6/c1-4-23(27(32)28-21-8-6-5-7-9-21)29(17-20-12-10-19(2)11-13-20)26(31)18-36-22-14-15-24(30(33)34)25(16-22)35-3/h10-16,21,23H,4-9,17-18H2,1-3H3,(H,28,32)/t23-/m1/s1. The Hall–Kier alpha value is -3.62. The molecule has 0 unspecified atom stereocenters. The van der Waals surface area contributed by atoms with Crippen molar-refractivity contribution in [3.8, 4) is 11.5 Å². The van der Waals surface area contributed by atoms with Crippen LogP contribution in [0.5, 0.6) is 11.5 Å². The summed E-state index contributed by atoms with van der Waals surface area (Å²) in [6, 6.07) is 11.4. The Balaban J connectivity index is 1.77. The number of nitro benzene ring substituents is 1. The zero-order valence-corrected chi connectivity index (χ0v) is 21.2. The van der Waals surface area contributed by atoms with E-state index in [1.165, 1.54) is 31.7 Å². The summed E-state index contributed by atoms with van der Waals surface area (Å²) in [5.41, 5.74) is 1.83. The Morgan fingerprint density at radius 1 is 1.14 bits per heavy atom. The van der Waals surface area contributed by atoms with Gasteiger partial charge in [-0.1, -0.05) is 56.0 Å². The van der Waals surface area contributed by atoms with Crippen LogP contribution in [-0.2, 0) is 16.1 Å². The fraction of sp³-hybridized carbons (Fsp3) is 0.481. The van der Waals surface area contributed by atoms with Crippen molar-refractivity contribution in [2.75, 3.05) is 13.7 Å². The zero-order valence-electron chi connectivity index (χ0n) is 21.2. The minimum Gasteiger partial charge on any atom is -0.490 e. The third-order valence-corrected chi connectivity index (χ3v) is 6.52. The molecule has 3 rings (SSSR count). The molecule has 0 heterocycles. The lowest BCUT2D eigenvalue weighted by Crippen LogP contribution is -2.52. The highest BCUT2D eigenvalue weighted by atomic mass is 16.6. The summed E-state index contributed by atoms with van der Waals surface area (Å²) in [6.07, 6.45) is 5.76. The smallest absolute Gasteiger partial charge is 0.311 e. The van der Waals surface area contributed by atoms with Gasteiger partial charge in [0.15, 0.2) is 6.61 Å². The third kappa shape index (κ3) is 7.19. The quantitative estimate of drug-likeness (QED) is 0.360. The summed E-state index contributed by atoms with van der Waals surface area (Å²) in [6.45, 7) is 3.83. The SMILES string of the molecule is CC[C@H](C(=O)NC1CCCCC1)N(Cc1ccc(C)cc1)C(=O)COc1ccc([N+](=O)[O-])c(OC)c1. The third-order valence-electron chi connectivity index (χ3n) is 6.52. The topological polar surface area (TPSA) is 111 Å². The molecule has 2 aromatic rings. The summed E-state index contributed by atoms with van der Waals surface area (Å²) >= 11 is 0. The normalized spacial score (nSPS) is 14.5. The molecule has 9 nitrogen and oxygen atoms in total. The van der Waals surface area contributed by atoms with Crippen molar-refractivity contribution < 1.29 is 24.0 Å². The maximum absolute atomic E-state index is 13.4. The number of carbonyl (C=O) groups excluding carboxylic acids is 2. The molecule has 1 aliphatic carbocycles. The molecular formula is C27H35N3O6. The van der Waals surface area contributed by atoms with Crippen LogP contribution in [0, 0.1) is 17.0 Å². The number of hydrogen-bond donors (Lipinski definition) is 1. The lowest BCUT2D eigenvalue weighted by Gasteiger charge is -2.32. The Kier molecular flexibility index (Phi) is 9.67. The van der Waals surface area contributed by atoms with E-state index in [-0.39, 0.29) is 48.2 Å². The van der Waals surface area contributed by atoms with Crippen molar-refractivity contribution in [3.63, 3.8) is 0 Å². The van der Waals surface area contributed by atoms with E-state index in [1.54, 1.807) is 4.90 Å². The number of nitro groups is 1. The van der Waals surface area contributed by atoms with Gasteiger partial charge in [0.2, 0.25) is 11.7 Å². The van der Waals surface area contributed by atoms with E-state index in [0.717, 1.165) is 36.8 Å². The lowest BCUT2D eigenvalue weighted by molar-refractivity contribution is -0.385. The Bertz CT molecular complexity index is 1050. The largest absolute Gasteiger partial charge is 0.490 e. The van der Waals surface area contributed by atoms with Crippen molar-refractivity contribution in [2.24, 2.45) is 0 Å². The number of nitrogens with one attached hydrogen (secondary N) is 1. The van der Waals surface area contributed by atoms with Gasteiger partial charge in [-0.05, 0) is 37.8 Å². The average Bonchev–Trinajstić information content (AvgIpc) is 2.88. The van der Waals surface area contributed by atoms with E-state index in [4.69, 9.17) is 9.47 Å². The van der Waals surface area contributed by atoms with Gasteiger partial charge >= 0.3 is 5.69 Å². The molecule has 1 saturated carbocycles. The highest BCUT2D eigenvalue weighted by Crippen LogP contribution is 2.31. The maximum Gasteiger partial charge on any atom is 0.311 e. The number of rotatable bonds is 11. The number of hydrogen-bond acceptors (Lipinski definition) is 6. The molecule has 9 heteroatoms. The van der Waals surface area contributed by atoms with Crippen LogP contribution in [0.4, 0.5) is 5.69 Å². The number of nitrogens with zero attached hydrogens (tertiary/aromatic N) is 2. The van der Waals surface area contributed by atoms with Crippen molar-refractivity contribution in [3.05, 3.63) is 63.7 Å². The van der Waals surface area contributed by atoms with E-state index < -0.39 is 11.0 Å². The Labute approximate surface area is 211 Å². The Morgan fingerprint density at radius 2 is 1.83 bits per heavy atom. The predicted octanol–water partition coefficient (Wildman–Crippen LogP) is 4.55. The van der Waals surface area contributed by atoms with Crippen LogP contribution >= 0.6 is 0 Å². The van der Waals surface area contributed by atoms with Gasteiger partial charge in [0, 0.05) is 24.7 Å². The number of benzene rings is 2. The predicted molar refractivity (Wildman–Crippen MR) is 136 cm³/mol. The fourth-order valence-corrected chi connectivity index (χ4v) is 4.48. The molecule has 0 spiro atoms. The van der Waals surface area contributed by atoms with Gasteiger partial charge in [0.05, 0.1) is 12.0 Å². The van der Waals surface area contributed by atoms with E-state index in [2.05, 4.69) is 5.32 Å². The Morgan fingerprint density at radius 3 is 2.44 bits per heavy atom. The molecule has 1 atom stereocenters. The van der Waals surface area contributed by atoms with Crippen LogP contribution in [0.25, 0.3) is 0 Å². The average molecular weight is 498 g/mol. The molecule has 0 aliphatic heterocycles. The van der Waals surface area contributed by atoms with Crippen molar-refractivity contribution in [2.45, 2.75) is 71.0 Å². The molecule has 0 radical (unpaired) electrons. The number of carbonyl (C=O) groups is 2. The van der Waals surface area contributed by atoms with Gasteiger partial charge in [-0.3, -0.25) is 19.7 Å². The van der Waals surface area contributed by atoms with Crippen molar-refractivity contribution in [1.82, 2.24) is 10.2 Å². The van der Waals surface area contributed by atoms with Crippen LogP contribution in [-0.4, -0.2) is 47.4 Å². The number of methoxy groups -OCH3 is 1. The number of aryl methyl sites for hydroxylation is 1. The zero-order chi connectivity index (χ0) is 26.1. The van der Waals surface area contributed by atoms with Crippen molar-refractivity contribution >= 4 is 17.5 Å². The van der Waals surface area contributed by atoms with E-state index in [0.29, 0.717) is 6.42 Å². The molecule has 0 saturated heterocycles. The van der Waals surface area contributed by atoms with Gasteiger partial charge in [-0.2, -0.15) is 0 Å². The minimum absolute atomic E-state index is 0.0414. The van der Waals surface area contributed by atoms with Crippen LogP contribution in [0.1, 0.15) is 56.6 Å². The first-order valence-electron chi connectivity index (χ1n) is 12.4. The van der Waals surface area contributed by atoms with Crippen LogP contribution < -0.4 is 14.8 Å². The second kappa shape index (κ2) is 12.9. The maximum atomic E-state index is 13.4. The second-order valence-corrected chi connectivity index (χ2v) is 9.15. The van der Waals surface area contributed by atoms with E-state index in [1.807, 2.05) is 38.1 Å². The minimum atomic E-state index is -0.643. The highest BCUT2D eigenvalue weighted by molar-refractivity contribution is 5.88. The molecule has 1 fully saturated rings. The summed E-state index contributed by atoms with van der Waals surface area (Å²) in [7, 11) is 1.33. The lowest BCUT2D eigenvalue weighted by atomic mass is 9.95. The molecule has 0 aromatic heterocycles.